The van der Waals surface area contributed by atoms with E-state index >= 15 is 0 Å². The first kappa shape index (κ1) is 21.4. The van der Waals surface area contributed by atoms with Crippen LogP contribution in [0.25, 0.3) is 0 Å². The van der Waals surface area contributed by atoms with Gasteiger partial charge < -0.3 is 14.8 Å². The van der Waals surface area contributed by atoms with E-state index in [1.165, 1.54) is 5.56 Å². The van der Waals surface area contributed by atoms with Crippen molar-refractivity contribution in [1.29, 1.82) is 0 Å². The summed E-state index contributed by atoms with van der Waals surface area (Å²) in [6.07, 6.45) is 3.42. The van der Waals surface area contributed by atoms with Crippen molar-refractivity contribution < 1.29 is 14.3 Å². The molecule has 0 aliphatic rings. The highest BCUT2D eigenvalue weighted by Gasteiger charge is 2.12. The molecule has 156 valence electrons. The lowest BCUT2D eigenvalue weighted by atomic mass is 9.99. The average molecular weight is 405 g/mol. The zero-order valence-corrected chi connectivity index (χ0v) is 17.7. The van der Waals surface area contributed by atoms with Crippen LogP contribution in [0.2, 0.25) is 0 Å². The van der Waals surface area contributed by atoms with Crippen molar-refractivity contribution in [3.8, 4) is 17.4 Å². The molecule has 5 nitrogen and oxygen atoms in total. The van der Waals surface area contributed by atoms with Gasteiger partial charge in [-0.2, -0.15) is 0 Å². The van der Waals surface area contributed by atoms with Crippen molar-refractivity contribution in [2.75, 3.05) is 0 Å². The lowest BCUT2D eigenvalue weighted by Gasteiger charge is -2.18. The Balaban J connectivity index is 1.57. The summed E-state index contributed by atoms with van der Waals surface area (Å²) >= 11 is 0. The number of aryl methyl sites for hydroxylation is 1. The fourth-order valence-corrected chi connectivity index (χ4v) is 3.16. The van der Waals surface area contributed by atoms with E-state index in [2.05, 4.69) is 22.4 Å². The Kier molecular flexibility index (Phi) is 7.44. The van der Waals surface area contributed by atoms with Crippen molar-refractivity contribution in [3.05, 3.63) is 84.1 Å². The van der Waals surface area contributed by atoms with E-state index in [9.17, 15) is 4.79 Å². The molecule has 3 aromatic rings. The summed E-state index contributed by atoms with van der Waals surface area (Å²) in [5.41, 5.74) is 2.30. The molecule has 0 aliphatic carbocycles. The molecule has 0 bridgehead atoms. The van der Waals surface area contributed by atoms with Crippen LogP contribution in [-0.2, 0) is 11.2 Å². The predicted molar refractivity (Wildman–Crippen MR) is 118 cm³/mol. The van der Waals surface area contributed by atoms with Gasteiger partial charge in [0, 0.05) is 13.0 Å². The van der Waals surface area contributed by atoms with Crippen LogP contribution in [0.3, 0.4) is 0 Å². The number of aromatic nitrogens is 1. The van der Waals surface area contributed by atoms with E-state index in [0.29, 0.717) is 11.6 Å². The molecular weight excluding hydrogens is 376 g/mol. The Labute approximate surface area is 178 Å². The minimum Gasteiger partial charge on any atom is -0.475 e. The Hall–Kier alpha value is -3.34. The molecule has 0 radical (unpaired) electrons. The molecule has 0 saturated carbocycles. The van der Waals surface area contributed by atoms with Crippen LogP contribution >= 0.6 is 0 Å². The number of rotatable bonds is 9. The van der Waals surface area contributed by atoms with E-state index in [-0.39, 0.29) is 18.1 Å². The predicted octanol–water partition coefficient (Wildman–Crippen LogP) is 5.47. The highest BCUT2D eigenvalue weighted by atomic mass is 16.5. The molecule has 30 heavy (non-hydrogen) atoms. The molecule has 5 heteroatoms. The highest BCUT2D eigenvalue weighted by molar-refractivity contribution is 5.73. The number of nitrogens with zero attached hydrogens (tertiary/aromatic N) is 1. The Bertz CT molecular complexity index is 923. The minimum atomic E-state index is -0.0222. The van der Waals surface area contributed by atoms with Crippen LogP contribution in [-0.4, -0.2) is 17.0 Å². The van der Waals surface area contributed by atoms with Crippen LogP contribution in [0.15, 0.2) is 72.9 Å². The highest BCUT2D eigenvalue weighted by Crippen LogP contribution is 2.24. The monoisotopic (exact) mass is 404 g/mol. The van der Waals surface area contributed by atoms with Gasteiger partial charge in [0.15, 0.2) is 0 Å². The van der Waals surface area contributed by atoms with E-state index < -0.39 is 0 Å². The summed E-state index contributed by atoms with van der Waals surface area (Å²) in [4.78, 5) is 15.8. The number of hydrogen-bond donors (Lipinski definition) is 1. The maximum atomic E-state index is 11.6. The fraction of sp³-hybridized carbons (Fsp3) is 0.280. The molecule has 1 heterocycles. The lowest BCUT2D eigenvalue weighted by molar-refractivity contribution is -0.119. The van der Waals surface area contributed by atoms with E-state index in [0.717, 1.165) is 24.2 Å². The second-order valence-corrected chi connectivity index (χ2v) is 7.45. The second-order valence-electron chi connectivity index (χ2n) is 7.45. The number of ether oxygens (including phenoxy) is 2. The Morgan fingerprint density at radius 3 is 2.27 bits per heavy atom. The third-order valence-electron chi connectivity index (χ3n) is 4.53. The van der Waals surface area contributed by atoms with Gasteiger partial charge in [0.1, 0.15) is 11.5 Å². The van der Waals surface area contributed by atoms with Gasteiger partial charge in [0.25, 0.3) is 0 Å². The summed E-state index contributed by atoms with van der Waals surface area (Å²) in [7, 11) is 0. The van der Waals surface area contributed by atoms with Crippen LogP contribution in [0, 0.1) is 0 Å². The molecule has 2 aromatic carbocycles. The molecule has 1 atom stereocenters. The molecule has 3 rings (SSSR count). The number of carbonyl (C=O) groups excluding carboxylic acids is 1. The summed E-state index contributed by atoms with van der Waals surface area (Å²) in [6, 6.07) is 21.7. The van der Waals surface area contributed by atoms with Crippen molar-refractivity contribution >= 4 is 5.91 Å². The summed E-state index contributed by atoms with van der Waals surface area (Å²) in [5.74, 6) is 1.97. The van der Waals surface area contributed by atoms with Crippen LogP contribution in [0.1, 0.15) is 44.4 Å². The van der Waals surface area contributed by atoms with Gasteiger partial charge in [-0.15, -0.1) is 0 Å². The first-order chi connectivity index (χ1) is 14.5. The minimum absolute atomic E-state index is 0.00252. The molecule has 0 spiro atoms. The maximum Gasteiger partial charge on any atom is 0.217 e. The number of pyridine rings is 1. The molecular formula is C25H28N2O3. The zero-order chi connectivity index (χ0) is 21.3. The van der Waals surface area contributed by atoms with Crippen LogP contribution in [0.5, 0.6) is 17.4 Å². The first-order valence-electron chi connectivity index (χ1n) is 10.2. The van der Waals surface area contributed by atoms with Crippen LogP contribution < -0.4 is 14.8 Å². The first-order valence-corrected chi connectivity index (χ1v) is 10.2. The third kappa shape index (κ3) is 6.62. The van der Waals surface area contributed by atoms with Crippen molar-refractivity contribution in [2.24, 2.45) is 0 Å². The van der Waals surface area contributed by atoms with Gasteiger partial charge in [0.2, 0.25) is 11.8 Å². The summed E-state index contributed by atoms with van der Waals surface area (Å²) < 4.78 is 11.4. The number of amides is 1. The average Bonchev–Trinajstić information content (AvgIpc) is 2.73. The summed E-state index contributed by atoms with van der Waals surface area (Å²) in [6.45, 7) is 5.48. The summed E-state index contributed by atoms with van der Waals surface area (Å²) in [5, 5.41) is 3.05. The largest absolute Gasteiger partial charge is 0.475 e. The molecule has 1 aromatic heterocycles. The third-order valence-corrected chi connectivity index (χ3v) is 4.53. The molecule has 0 fully saturated rings. The standard InChI is InChI=1S/C25H28N2O3/c1-18(2)29-25-16-14-23(17-26-25)30-22-12-9-20(10-13-22)11-15-24(27-19(3)28)21-7-5-4-6-8-21/h4-10,12-14,16-18,24H,11,15H2,1-3H3,(H,27,28)/t24-/m1/s1. The van der Waals surface area contributed by atoms with Gasteiger partial charge in [-0.1, -0.05) is 42.5 Å². The Morgan fingerprint density at radius 1 is 0.967 bits per heavy atom. The Morgan fingerprint density at radius 2 is 1.67 bits per heavy atom. The smallest absolute Gasteiger partial charge is 0.217 e. The lowest BCUT2D eigenvalue weighted by Crippen LogP contribution is -2.26. The van der Waals surface area contributed by atoms with Gasteiger partial charge in [0.05, 0.1) is 18.3 Å². The van der Waals surface area contributed by atoms with Gasteiger partial charge >= 0.3 is 0 Å². The van der Waals surface area contributed by atoms with Crippen molar-refractivity contribution in [3.63, 3.8) is 0 Å². The molecule has 0 saturated heterocycles. The zero-order valence-electron chi connectivity index (χ0n) is 17.7. The fourth-order valence-electron chi connectivity index (χ4n) is 3.16. The van der Waals surface area contributed by atoms with Gasteiger partial charge in [-0.3, -0.25) is 4.79 Å². The van der Waals surface area contributed by atoms with E-state index in [4.69, 9.17) is 9.47 Å². The molecule has 0 aliphatic heterocycles. The van der Waals surface area contributed by atoms with E-state index in [1.54, 1.807) is 19.2 Å². The molecule has 1 N–H and O–H groups in total. The quantitative estimate of drug-likeness (QED) is 0.514. The normalized spacial score (nSPS) is 11.7. The van der Waals surface area contributed by atoms with Crippen molar-refractivity contribution in [1.82, 2.24) is 10.3 Å². The maximum absolute atomic E-state index is 11.6. The number of nitrogens with one attached hydrogen (secondary N) is 1. The van der Waals surface area contributed by atoms with Gasteiger partial charge in [-0.05, 0) is 56.0 Å². The number of carbonyl (C=O) groups is 1. The van der Waals surface area contributed by atoms with E-state index in [1.807, 2.05) is 62.4 Å². The van der Waals surface area contributed by atoms with Gasteiger partial charge in [-0.25, -0.2) is 4.98 Å². The van der Waals surface area contributed by atoms with Crippen LogP contribution in [0.4, 0.5) is 0 Å². The SMILES string of the molecule is CC(=O)N[C@H](CCc1ccc(Oc2ccc(OC(C)C)nc2)cc1)c1ccccc1. The molecule has 0 unspecified atom stereocenters. The number of hydrogen-bond acceptors (Lipinski definition) is 4. The topological polar surface area (TPSA) is 60.5 Å². The number of benzene rings is 2. The second kappa shape index (κ2) is 10.4. The molecule has 1 amide bonds. The van der Waals surface area contributed by atoms with Crippen molar-refractivity contribution in [2.45, 2.75) is 45.8 Å².